The van der Waals surface area contributed by atoms with Gasteiger partial charge in [0.2, 0.25) is 0 Å². The van der Waals surface area contributed by atoms with E-state index in [1.807, 2.05) is 6.92 Å². The summed E-state index contributed by atoms with van der Waals surface area (Å²) in [4.78, 5) is 22.1. The number of aliphatic carboxylic acids is 1. The highest BCUT2D eigenvalue weighted by Crippen LogP contribution is 2.25. The smallest absolute Gasteiger partial charge is 0.319 e. The monoisotopic (exact) mass is 318 g/mol. The van der Waals surface area contributed by atoms with Crippen molar-refractivity contribution >= 4 is 40.9 Å². The van der Waals surface area contributed by atoms with Gasteiger partial charge >= 0.3 is 12.0 Å². The van der Waals surface area contributed by atoms with E-state index >= 15 is 0 Å². The first kappa shape index (κ1) is 16.6. The van der Waals surface area contributed by atoms with Crippen molar-refractivity contribution in [3.8, 4) is 0 Å². The number of hydrogen-bond acceptors (Lipinski definition) is 2. The molecule has 20 heavy (non-hydrogen) atoms. The SMILES string of the molecule is CC(CCC(=O)O)CNC(=O)Nc1cc(Cl)ccc1Cl. The zero-order valence-electron chi connectivity index (χ0n) is 11.0. The van der Waals surface area contributed by atoms with Gasteiger partial charge in [-0.1, -0.05) is 30.1 Å². The fourth-order valence-corrected chi connectivity index (χ4v) is 1.84. The lowest BCUT2D eigenvalue weighted by molar-refractivity contribution is -0.137. The lowest BCUT2D eigenvalue weighted by Crippen LogP contribution is -2.32. The number of carbonyl (C=O) groups excluding carboxylic acids is 1. The molecule has 0 aliphatic rings. The largest absolute Gasteiger partial charge is 0.481 e. The molecule has 110 valence electrons. The molecular weight excluding hydrogens is 303 g/mol. The number of urea groups is 1. The molecule has 1 aromatic rings. The lowest BCUT2D eigenvalue weighted by atomic mass is 10.1. The standard InChI is InChI=1S/C13H16Cl2N2O3/c1-8(2-5-12(18)19)7-16-13(20)17-11-6-9(14)3-4-10(11)15/h3-4,6,8H,2,5,7H2,1H3,(H,18,19)(H2,16,17,20). The van der Waals surface area contributed by atoms with Crippen LogP contribution >= 0.6 is 23.2 Å². The molecule has 0 saturated carbocycles. The van der Waals surface area contributed by atoms with Gasteiger partial charge in [-0.25, -0.2) is 4.79 Å². The zero-order valence-corrected chi connectivity index (χ0v) is 12.5. The van der Waals surface area contributed by atoms with Crippen LogP contribution in [0.1, 0.15) is 19.8 Å². The van der Waals surface area contributed by atoms with Crippen LogP contribution in [-0.2, 0) is 4.79 Å². The van der Waals surface area contributed by atoms with E-state index < -0.39 is 12.0 Å². The summed E-state index contributed by atoms with van der Waals surface area (Å²) in [6.45, 7) is 2.26. The van der Waals surface area contributed by atoms with Crippen molar-refractivity contribution < 1.29 is 14.7 Å². The predicted molar refractivity (Wildman–Crippen MR) is 79.5 cm³/mol. The van der Waals surface area contributed by atoms with Gasteiger partial charge in [0, 0.05) is 18.0 Å². The van der Waals surface area contributed by atoms with Gasteiger partial charge in [-0.05, 0) is 30.5 Å². The number of nitrogens with one attached hydrogen (secondary N) is 2. The Hall–Kier alpha value is -1.46. The molecule has 0 aliphatic carbocycles. The zero-order chi connectivity index (χ0) is 15.1. The minimum atomic E-state index is -0.841. The first-order valence-electron chi connectivity index (χ1n) is 6.10. The molecule has 7 heteroatoms. The van der Waals surface area contributed by atoms with Crippen molar-refractivity contribution in [2.24, 2.45) is 5.92 Å². The molecule has 0 spiro atoms. The van der Waals surface area contributed by atoms with Gasteiger partial charge in [-0.15, -0.1) is 0 Å². The Morgan fingerprint density at radius 2 is 2.05 bits per heavy atom. The van der Waals surface area contributed by atoms with Gasteiger partial charge in [0.15, 0.2) is 0 Å². The van der Waals surface area contributed by atoms with Crippen molar-refractivity contribution in [2.45, 2.75) is 19.8 Å². The topological polar surface area (TPSA) is 78.4 Å². The lowest BCUT2D eigenvalue weighted by Gasteiger charge is -2.13. The van der Waals surface area contributed by atoms with Gasteiger partial charge in [-0.2, -0.15) is 0 Å². The Balaban J connectivity index is 2.40. The molecule has 3 N–H and O–H groups in total. The van der Waals surface area contributed by atoms with Gasteiger partial charge in [0.1, 0.15) is 0 Å². The molecule has 1 unspecified atom stereocenters. The number of amides is 2. The first-order chi connectivity index (χ1) is 9.38. The minimum absolute atomic E-state index is 0.0756. The van der Waals surface area contributed by atoms with Crippen LogP contribution in [0.2, 0.25) is 10.0 Å². The second-order valence-corrected chi connectivity index (χ2v) is 5.34. The molecule has 0 bridgehead atoms. The third-order valence-corrected chi connectivity index (χ3v) is 3.20. The Bertz CT molecular complexity index is 495. The van der Waals surface area contributed by atoms with Crippen molar-refractivity contribution in [3.63, 3.8) is 0 Å². The molecule has 1 rings (SSSR count). The quantitative estimate of drug-likeness (QED) is 0.749. The molecule has 0 fully saturated rings. The maximum Gasteiger partial charge on any atom is 0.319 e. The Labute approximate surface area is 127 Å². The molecule has 0 aromatic heterocycles. The average Bonchev–Trinajstić information content (AvgIpc) is 2.38. The van der Waals surface area contributed by atoms with Crippen LogP contribution in [0.15, 0.2) is 18.2 Å². The van der Waals surface area contributed by atoms with Crippen LogP contribution < -0.4 is 10.6 Å². The van der Waals surface area contributed by atoms with E-state index in [9.17, 15) is 9.59 Å². The number of halogens is 2. The number of carboxylic acid groups (broad SMARTS) is 1. The molecule has 1 atom stereocenters. The number of hydrogen-bond donors (Lipinski definition) is 3. The predicted octanol–water partition coefficient (Wildman–Crippen LogP) is 3.62. The highest BCUT2D eigenvalue weighted by molar-refractivity contribution is 6.35. The average molecular weight is 319 g/mol. The third kappa shape index (κ3) is 6.12. The Kier molecular flexibility index (Phi) is 6.61. The van der Waals surface area contributed by atoms with Crippen LogP contribution in [0.4, 0.5) is 10.5 Å². The summed E-state index contributed by atoms with van der Waals surface area (Å²) in [5.41, 5.74) is 0.426. The van der Waals surface area contributed by atoms with E-state index in [0.29, 0.717) is 28.7 Å². The molecule has 0 radical (unpaired) electrons. The molecule has 0 aliphatic heterocycles. The van der Waals surface area contributed by atoms with E-state index in [2.05, 4.69) is 10.6 Å². The van der Waals surface area contributed by atoms with Gasteiger partial charge in [0.05, 0.1) is 10.7 Å². The van der Waals surface area contributed by atoms with Crippen molar-refractivity contribution in [1.82, 2.24) is 5.32 Å². The molecule has 5 nitrogen and oxygen atoms in total. The van der Waals surface area contributed by atoms with Crippen molar-refractivity contribution in [3.05, 3.63) is 28.2 Å². The second kappa shape index (κ2) is 7.97. The Morgan fingerprint density at radius 3 is 2.70 bits per heavy atom. The van der Waals surface area contributed by atoms with E-state index in [-0.39, 0.29) is 12.3 Å². The van der Waals surface area contributed by atoms with Crippen LogP contribution in [-0.4, -0.2) is 23.7 Å². The molecular formula is C13H16Cl2N2O3. The molecule has 2 amide bonds. The van der Waals surface area contributed by atoms with Gasteiger partial charge in [0.25, 0.3) is 0 Å². The van der Waals surface area contributed by atoms with Crippen molar-refractivity contribution in [2.75, 3.05) is 11.9 Å². The number of carbonyl (C=O) groups is 2. The van der Waals surface area contributed by atoms with Crippen molar-refractivity contribution in [1.29, 1.82) is 0 Å². The van der Waals surface area contributed by atoms with Crippen LogP contribution in [0, 0.1) is 5.92 Å². The maximum absolute atomic E-state index is 11.7. The second-order valence-electron chi connectivity index (χ2n) is 4.50. The fraction of sp³-hybridized carbons (Fsp3) is 0.385. The summed E-state index contributed by atoms with van der Waals surface area (Å²) in [6, 6.07) is 4.36. The Morgan fingerprint density at radius 1 is 1.35 bits per heavy atom. The van der Waals surface area contributed by atoms with Crippen LogP contribution in [0.5, 0.6) is 0 Å². The highest BCUT2D eigenvalue weighted by Gasteiger charge is 2.09. The molecule has 1 aromatic carbocycles. The summed E-state index contributed by atoms with van der Waals surface area (Å²) < 4.78 is 0. The number of rotatable bonds is 6. The summed E-state index contributed by atoms with van der Waals surface area (Å²) in [7, 11) is 0. The normalized spacial score (nSPS) is 11.8. The van der Waals surface area contributed by atoms with E-state index in [4.69, 9.17) is 28.3 Å². The first-order valence-corrected chi connectivity index (χ1v) is 6.85. The molecule has 0 saturated heterocycles. The summed E-state index contributed by atoms with van der Waals surface area (Å²) in [5.74, 6) is -0.765. The van der Waals surface area contributed by atoms with Crippen LogP contribution in [0.3, 0.4) is 0 Å². The third-order valence-electron chi connectivity index (χ3n) is 2.64. The summed E-state index contributed by atoms with van der Waals surface area (Å²) >= 11 is 11.7. The summed E-state index contributed by atoms with van der Waals surface area (Å²) in [6.07, 6.45) is 0.595. The van der Waals surface area contributed by atoms with Gasteiger partial charge < -0.3 is 15.7 Å². The molecule has 0 heterocycles. The van der Waals surface area contributed by atoms with Gasteiger partial charge in [-0.3, -0.25) is 4.79 Å². The highest BCUT2D eigenvalue weighted by atomic mass is 35.5. The number of benzene rings is 1. The summed E-state index contributed by atoms with van der Waals surface area (Å²) in [5, 5.41) is 14.7. The van der Waals surface area contributed by atoms with E-state index in [1.54, 1.807) is 18.2 Å². The fourth-order valence-electron chi connectivity index (χ4n) is 1.50. The van der Waals surface area contributed by atoms with E-state index in [1.165, 1.54) is 0 Å². The number of anilines is 1. The maximum atomic E-state index is 11.7. The minimum Gasteiger partial charge on any atom is -0.481 e. The van der Waals surface area contributed by atoms with E-state index in [0.717, 1.165) is 0 Å². The number of carboxylic acids is 1. The van der Waals surface area contributed by atoms with Crippen LogP contribution in [0.25, 0.3) is 0 Å².